The monoisotopic (exact) mass is 270 g/mol. The Morgan fingerprint density at radius 1 is 1.12 bits per heavy atom. The number of likely N-dealkylation sites (tertiary alicyclic amines) is 1. The van der Waals surface area contributed by atoms with Crippen molar-refractivity contribution >= 4 is 24.8 Å². The van der Waals surface area contributed by atoms with E-state index in [0.29, 0.717) is 6.10 Å². The predicted molar refractivity (Wildman–Crippen MR) is 72.0 cm³/mol. The summed E-state index contributed by atoms with van der Waals surface area (Å²) in [7, 11) is 1.84. The molecule has 0 spiro atoms. The second kappa shape index (κ2) is 8.54. The molecule has 0 aromatic heterocycles. The molecule has 2 saturated heterocycles. The van der Waals surface area contributed by atoms with Crippen molar-refractivity contribution in [3.05, 3.63) is 0 Å². The van der Waals surface area contributed by atoms with Gasteiger partial charge in [0.2, 0.25) is 0 Å². The smallest absolute Gasteiger partial charge is 0.0698 e. The van der Waals surface area contributed by atoms with Gasteiger partial charge in [-0.1, -0.05) is 0 Å². The highest BCUT2D eigenvalue weighted by atomic mass is 35.5. The van der Waals surface area contributed by atoms with Gasteiger partial charge in [0, 0.05) is 19.7 Å². The van der Waals surface area contributed by atoms with Crippen molar-refractivity contribution in [1.29, 1.82) is 0 Å². The van der Waals surface area contributed by atoms with Crippen molar-refractivity contribution in [3.8, 4) is 0 Å². The zero-order valence-corrected chi connectivity index (χ0v) is 11.6. The van der Waals surface area contributed by atoms with Crippen LogP contribution in [0.2, 0.25) is 0 Å². The van der Waals surface area contributed by atoms with Gasteiger partial charge in [0.25, 0.3) is 0 Å². The fourth-order valence-corrected chi connectivity index (χ4v) is 2.66. The van der Waals surface area contributed by atoms with Gasteiger partial charge in [-0.2, -0.15) is 0 Å². The van der Waals surface area contributed by atoms with E-state index in [4.69, 9.17) is 4.74 Å². The molecule has 0 saturated carbocycles. The number of hydrogen-bond donors (Lipinski definition) is 1. The van der Waals surface area contributed by atoms with E-state index >= 15 is 0 Å². The average molecular weight is 271 g/mol. The number of nitrogens with zero attached hydrogens (tertiary/aromatic N) is 1. The minimum Gasteiger partial charge on any atom is -0.380 e. The van der Waals surface area contributed by atoms with Crippen LogP contribution in [0.1, 0.15) is 25.7 Å². The molecule has 2 heterocycles. The van der Waals surface area contributed by atoms with Crippen molar-refractivity contribution in [1.82, 2.24) is 10.2 Å². The Morgan fingerprint density at radius 3 is 2.44 bits per heavy atom. The summed E-state index contributed by atoms with van der Waals surface area (Å²) in [4.78, 5) is 2.64. The molecule has 0 aromatic carbocycles. The molecule has 0 amide bonds. The summed E-state index contributed by atoms with van der Waals surface area (Å²) in [5, 5.41) is 3.42. The van der Waals surface area contributed by atoms with Gasteiger partial charge in [-0.15, -0.1) is 24.8 Å². The highest BCUT2D eigenvalue weighted by molar-refractivity contribution is 5.85. The summed E-state index contributed by atoms with van der Waals surface area (Å²) in [6.45, 7) is 4.82. The number of rotatable bonds is 2. The highest BCUT2D eigenvalue weighted by Crippen LogP contribution is 2.19. The van der Waals surface area contributed by atoms with Gasteiger partial charge in [-0.05, 0) is 45.3 Å². The standard InChI is InChI=1S/C11H22N2O.2ClH/c1-14-11-3-2-8-13(9-11)10-4-6-12-7-5-10;;/h10-12H,2-9H2,1H3;2*1H. The molecular weight excluding hydrogens is 247 g/mol. The average Bonchev–Trinajstić information content (AvgIpc) is 2.30. The zero-order chi connectivity index (χ0) is 9.80. The third-order valence-corrected chi connectivity index (χ3v) is 3.57. The third kappa shape index (κ3) is 4.38. The molecule has 0 aliphatic carbocycles. The molecular formula is C11H24Cl2N2O. The topological polar surface area (TPSA) is 24.5 Å². The molecule has 2 aliphatic rings. The van der Waals surface area contributed by atoms with E-state index in [2.05, 4.69) is 10.2 Å². The van der Waals surface area contributed by atoms with Gasteiger partial charge in [0.05, 0.1) is 6.10 Å². The van der Waals surface area contributed by atoms with Gasteiger partial charge in [0.1, 0.15) is 0 Å². The van der Waals surface area contributed by atoms with E-state index in [1.165, 1.54) is 45.3 Å². The molecule has 1 N–H and O–H groups in total. The predicted octanol–water partition coefficient (Wildman–Crippen LogP) is 1.69. The molecule has 1 unspecified atom stereocenters. The fraction of sp³-hybridized carbons (Fsp3) is 1.00. The third-order valence-electron chi connectivity index (χ3n) is 3.57. The van der Waals surface area contributed by atoms with Crippen LogP contribution in [-0.4, -0.2) is 50.3 Å². The minimum absolute atomic E-state index is 0. The second-order valence-electron chi connectivity index (χ2n) is 4.48. The van der Waals surface area contributed by atoms with Crippen LogP contribution in [0.25, 0.3) is 0 Å². The Bertz CT molecular complexity index is 177. The van der Waals surface area contributed by atoms with Gasteiger partial charge in [0.15, 0.2) is 0 Å². The molecule has 2 rings (SSSR count). The van der Waals surface area contributed by atoms with Gasteiger partial charge < -0.3 is 10.1 Å². The fourth-order valence-electron chi connectivity index (χ4n) is 2.66. The van der Waals surface area contributed by atoms with E-state index < -0.39 is 0 Å². The van der Waals surface area contributed by atoms with Crippen molar-refractivity contribution in [2.75, 3.05) is 33.3 Å². The Labute approximate surface area is 111 Å². The summed E-state index contributed by atoms with van der Waals surface area (Å²) >= 11 is 0. The number of piperidine rings is 2. The zero-order valence-electron chi connectivity index (χ0n) is 9.98. The lowest BCUT2D eigenvalue weighted by molar-refractivity contribution is 0.00905. The second-order valence-corrected chi connectivity index (χ2v) is 4.48. The summed E-state index contributed by atoms with van der Waals surface area (Å²) in [5.74, 6) is 0. The van der Waals surface area contributed by atoms with Crippen LogP contribution >= 0.6 is 24.8 Å². The normalized spacial score (nSPS) is 27.9. The van der Waals surface area contributed by atoms with Crippen molar-refractivity contribution in [3.63, 3.8) is 0 Å². The Balaban J connectivity index is 0.00000112. The first-order valence-electron chi connectivity index (χ1n) is 5.87. The van der Waals surface area contributed by atoms with E-state index in [1.807, 2.05) is 7.11 Å². The Morgan fingerprint density at radius 2 is 1.81 bits per heavy atom. The van der Waals surface area contributed by atoms with Gasteiger partial charge >= 0.3 is 0 Å². The van der Waals surface area contributed by atoms with Crippen LogP contribution in [-0.2, 0) is 4.74 Å². The van der Waals surface area contributed by atoms with Gasteiger partial charge in [-0.3, -0.25) is 4.90 Å². The summed E-state index contributed by atoms with van der Waals surface area (Å²) < 4.78 is 5.45. The molecule has 2 aliphatic heterocycles. The summed E-state index contributed by atoms with van der Waals surface area (Å²) in [6, 6.07) is 0.814. The maximum Gasteiger partial charge on any atom is 0.0698 e. The van der Waals surface area contributed by atoms with Crippen LogP contribution in [0.4, 0.5) is 0 Å². The molecule has 0 aromatic rings. The van der Waals surface area contributed by atoms with Crippen molar-refractivity contribution in [2.24, 2.45) is 0 Å². The molecule has 0 radical (unpaired) electrons. The van der Waals surface area contributed by atoms with E-state index in [9.17, 15) is 0 Å². The molecule has 2 fully saturated rings. The Hall–Kier alpha value is 0.460. The lowest BCUT2D eigenvalue weighted by Crippen LogP contribution is -2.49. The lowest BCUT2D eigenvalue weighted by Gasteiger charge is -2.39. The maximum absolute atomic E-state index is 5.45. The van der Waals surface area contributed by atoms with E-state index in [1.54, 1.807) is 0 Å². The van der Waals surface area contributed by atoms with Gasteiger partial charge in [-0.25, -0.2) is 0 Å². The van der Waals surface area contributed by atoms with Crippen LogP contribution in [0, 0.1) is 0 Å². The maximum atomic E-state index is 5.45. The first-order valence-corrected chi connectivity index (χ1v) is 5.87. The first kappa shape index (κ1) is 16.5. The largest absolute Gasteiger partial charge is 0.380 e. The van der Waals surface area contributed by atoms with Crippen LogP contribution < -0.4 is 5.32 Å². The van der Waals surface area contributed by atoms with Crippen LogP contribution in [0.3, 0.4) is 0 Å². The molecule has 16 heavy (non-hydrogen) atoms. The summed E-state index contributed by atoms with van der Waals surface area (Å²) in [5.41, 5.74) is 0. The number of hydrogen-bond acceptors (Lipinski definition) is 3. The van der Waals surface area contributed by atoms with Crippen molar-refractivity contribution < 1.29 is 4.74 Å². The van der Waals surface area contributed by atoms with E-state index in [0.717, 1.165) is 12.6 Å². The number of ether oxygens (including phenoxy) is 1. The van der Waals surface area contributed by atoms with E-state index in [-0.39, 0.29) is 24.8 Å². The number of nitrogens with one attached hydrogen (secondary N) is 1. The van der Waals surface area contributed by atoms with Crippen LogP contribution in [0.15, 0.2) is 0 Å². The SMILES string of the molecule is COC1CCCN(C2CCNCC2)C1.Cl.Cl. The summed E-state index contributed by atoms with van der Waals surface area (Å²) in [6.07, 6.45) is 5.67. The van der Waals surface area contributed by atoms with Crippen LogP contribution in [0.5, 0.6) is 0 Å². The first-order chi connectivity index (χ1) is 6.90. The number of halogens is 2. The lowest BCUT2D eigenvalue weighted by atomic mass is 10.00. The molecule has 5 heteroatoms. The number of methoxy groups -OCH3 is 1. The Kier molecular flexibility index (Phi) is 8.78. The van der Waals surface area contributed by atoms with Crippen molar-refractivity contribution in [2.45, 2.75) is 37.8 Å². The molecule has 98 valence electrons. The molecule has 0 bridgehead atoms. The minimum atomic E-state index is 0. The highest BCUT2D eigenvalue weighted by Gasteiger charge is 2.26. The molecule has 1 atom stereocenters. The quantitative estimate of drug-likeness (QED) is 0.827. The molecule has 3 nitrogen and oxygen atoms in total.